The second-order valence-electron chi connectivity index (χ2n) is 6.13. The van der Waals surface area contributed by atoms with E-state index in [0.717, 1.165) is 42.7 Å². The zero-order valence-corrected chi connectivity index (χ0v) is 13.0. The van der Waals surface area contributed by atoms with E-state index in [4.69, 9.17) is 4.52 Å². The van der Waals surface area contributed by atoms with Crippen LogP contribution in [0.3, 0.4) is 0 Å². The van der Waals surface area contributed by atoms with Crippen molar-refractivity contribution in [2.24, 2.45) is 0 Å². The summed E-state index contributed by atoms with van der Waals surface area (Å²) < 4.78 is 18.6. The lowest BCUT2D eigenvalue weighted by molar-refractivity contribution is 0.416. The van der Waals surface area contributed by atoms with E-state index in [1.54, 1.807) is 6.07 Å². The molecule has 0 spiro atoms. The molecule has 1 aromatic carbocycles. The Bertz CT molecular complexity index is 837. The number of benzene rings is 1. The highest BCUT2D eigenvalue weighted by atomic mass is 19.1. The van der Waals surface area contributed by atoms with Crippen LogP contribution in [0.15, 0.2) is 41.1 Å². The third kappa shape index (κ3) is 2.67. The van der Waals surface area contributed by atoms with Gasteiger partial charge in [0.1, 0.15) is 5.82 Å². The molecule has 0 N–H and O–H groups in total. The van der Waals surface area contributed by atoms with Gasteiger partial charge in [-0.05, 0) is 44.0 Å². The Balaban J connectivity index is 1.52. The molecule has 0 aliphatic carbocycles. The van der Waals surface area contributed by atoms with Crippen LogP contribution in [-0.4, -0.2) is 23.2 Å². The maximum Gasteiger partial charge on any atom is 0.170 e. The van der Waals surface area contributed by atoms with E-state index in [-0.39, 0.29) is 5.82 Å². The van der Waals surface area contributed by atoms with Crippen molar-refractivity contribution in [3.8, 4) is 0 Å². The molecule has 1 saturated heterocycles. The van der Waals surface area contributed by atoms with Gasteiger partial charge in [-0.1, -0.05) is 5.16 Å². The van der Waals surface area contributed by atoms with E-state index in [1.165, 1.54) is 17.8 Å². The summed E-state index contributed by atoms with van der Waals surface area (Å²) in [5.74, 6) is 0.0731. The molecule has 0 saturated carbocycles. The molecule has 3 aromatic rings. The average Bonchev–Trinajstić information content (AvgIpc) is 2.98. The number of pyridine rings is 1. The number of anilines is 1. The Hall–Kier alpha value is -2.43. The molecule has 0 bridgehead atoms. The van der Waals surface area contributed by atoms with Gasteiger partial charge in [0.15, 0.2) is 5.58 Å². The van der Waals surface area contributed by atoms with Gasteiger partial charge in [0.05, 0.1) is 5.69 Å². The Labute approximate surface area is 133 Å². The van der Waals surface area contributed by atoms with Crippen molar-refractivity contribution >= 4 is 16.7 Å². The van der Waals surface area contributed by atoms with Crippen LogP contribution in [0.2, 0.25) is 0 Å². The van der Waals surface area contributed by atoms with Crippen molar-refractivity contribution in [1.82, 2.24) is 10.1 Å². The molecule has 1 aliphatic heterocycles. The fourth-order valence-electron chi connectivity index (χ4n) is 3.36. The molecule has 5 heteroatoms. The monoisotopic (exact) mass is 311 g/mol. The van der Waals surface area contributed by atoms with Crippen molar-refractivity contribution in [2.45, 2.75) is 25.7 Å². The molecule has 2 aromatic heterocycles. The van der Waals surface area contributed by atoms with Gasteiger partial charge in [0.25, 0.3) is 0 Å². The number of rotatable bonds is 2. The smallest absolute Gasteiger partial charge is 0.170 e. The van der Waals surface area contributed by atoms with Crippen LogP contribution in [0.4, 0.5) is 10.1 Å². The molecule has 23 heavy (non-hydrogen) atoms. The van der Waals surface area contributed by atoms with Crippen LogP contribution < -0.4 is 4.90 Å². The minimum atomic E-state index is -0.289. The molecule has 4 nitrogen and oxygen atoms in total. The first-order chi connectivity index (χ1) is 11.2. The van der Waals surface area contributed by atoms with Crippen LogP contribution in [-0.2, 0) is 0 Å². The zero-order chi connectivity index (χ0) is 15.8. The van der Waals surface area contributed by atoms with E-state index >= 15 is 0 Å². The average molecular weight is 311 g/mol. The number of aromatic nitrogens is 2. The first-order valence-electron chi connectivity index (χ1n) is 7.93. The summed E-state index contributed by atoms with van der Waals surface area (Å²) in [5.41, 5.74) is 3.76. The van der Waals surface area contributed by atoms with Gasteiger partial charge in [-0.3, -0.25) is 4.98 Å². The molecule has 4 rings (SSSR count). The van der Waals surface area contributed by atoms with E-state index < -0.39 is 0 Å². The first-order valence-corrected chi connectivity index (χ1v) is 7.93. The molecule has 0 radical (unpaired) electrons. The number of hydrogen-bond acceptors (Lipinski definition) is 4. The number of halogens is 1. The van der Waals surface area contributed by atoms with E-state index in [0.29, 0.717) is 11.5 Å². The number of fused-ring (bicyclic) bond motifs is 1. The van der Waals surface area contributed by atoms with Gasteiger partial charge in [0.2, 0.25) is 0 Å². The summed E-state index contributed by atoms with van der Waals surface area (Å²) in [5, 5.41) is 5.14. The second-order valence-corrected chi connectivity index (χ2v) is 6.13. The van der Waals surface area contributed by atoms with Crippen LogP contribution in [0.1, 0.15) is 30.1 Å². The molecular formula is C18H18FN3O. The molecule has 0 atom stereocenters. The quantitative estimate of drug-likeness (QED) is 0.716. The molecule has 1 aliphatic rings. The van der Waals surface area contributed by atoms with Crippen LogP contribution in [0.25, 0.3) is 11.0 Å². The summed E-state index contributed by atoms with van der Waals surface area (Å²) in [7, 11) is 0. The largest absolute Gasteiger partial charge is 0.371 e. The highest BCUT2D eigenvalue weighted by Crippen LogP contribution is 2.34. The number of hydrogen-bond donors (Lipinski definition) is 0. The zero-order valence-electron chi connectivity index (χ0n) is 13.0. The Morgan fingerprint density at radius 2 is 2.00 bits per heavy atom. The normalized spacial score (nSPS) is 16.2. The lowest BCUT2D eigenvalue weighted by Gasteiger charge is -2.33. The maximum absolute atomic E-state index is 13.3. The lowest BCUT2D eigenvalue weighted by Crippen LogP contribution is -2.33. The Morgan fingerprint density at radius 3 is 2.78 bits per heavy atom. The highest BCUT2D eigenvalue weighted by Gasteiger charge is 2.25. The molecule has 118 valence electrons. The SMILES string of the molecule is Cc1cc(N2CCC(c3noc4cc(F)ccc34)CC2)ccn1. The van der Waals surface area contributed by atoms with Gasteiger partial charge >= 0.3 is 0 Å². The van der Waals surface area contributed by atoms with Gasteiger partial charge in [0, 0.05) is 48.0 Å². The summed E-state index contributed by atoms with van der Waals surface area (Å²) >= 11 is 0. The molecular weight excluding hydrogens is 293 g/mol. The Kier molecular flexibility index (Phi) is 3.48. The molecule has 0 unspecified atom stereocenters. The maximum atomic E-state index is 13.3. The lowest BCUT2D eigenvalue weighted by atomic mass is 9.91. The van der Waals surface area contributed by atoms with Crippen LogP contribution in [0.5, 0.6) is 0 Å². The van der Waals surface area contributed by atoms with Gasteiger partial charge in [-0.2, -0.15) is 0 Å². The van der Waals surface area contributed by atoms with Gasteiger partial charge in [-0.15, -0.1) is 0 Å². The van der Waals surface area contributed by atoms with Gasteiger partial charge in [-0.25, -0.2) is 4.39 Å². The summed E-state index contributed by atoms with van der Waals surface area (Å²) in [6, 6.07) is 8.82. The van der Waals surface area contributed by atoms with Crippen LogP contribution >= 0.6 is 0 Å². The topological polar surface area (TPSA) is 42.2 Å². The fourth-order valence-corrected chi connectivity index (χ4v) is 3.36. The third-order valence-corrected chi connectivity index (χ3v) is 4.59. The summed E-state index contributed by atoms with van der Waals surface area (Å²) in [6.07, 6.45) is 3.89. The summed E-state index contributed by atoms with van der Waals surface area (Å²) in [4.78, 5) is 6.63. The fraction of sp³-hybridized carbons (Fsp3) is 0.333. The highest BCUT2D eigenvalue weighted by molar-refractivity contribution is 5.80. The minimum Gasteiger partial charge on any atom is -0.371 e. The molecule has 3 heterocycles. The number of aryl methyl sites for hydroxylation is 1. The second kappa shape index (κ2) is 5.65. The van der Waals surface area contributed by atoms with E-state index in [2.05, 4.69) is 27.2 Å². The molecule has 0 amide bonds. The van der Waals surface area contributed by atoms with Crippen molar-refractivity contribution in [2.75, 3.05) is 18.0 Å². The predicted octanol–water partition coefficient (Wildman–Crippen LogP) is 4.05. The molecule has 1 fully saturated rings. The Morgan fingerprint density at radius 1 is 1.17 bits per heavy atom. The van der Waals surface area contributed by atoms with Crippen LogP contribution in [0, 0.1) is 12.7 Å². The van der Waals surface area contributed by atoms with Gasteiger partial charge < -0.3 is 9.42 Å². The number of nitrogens with zero attached hydrogens (tertiary/aromatic N) is 3. The van der Waals surface area contributed by atoms with Crippen molar-refractivity contribution < 1.29 is 8.91 Å². The third-order valence-electron chi connectivity index (χ3n) is 4.59. The summed E-state index contributed by atoms with van der Waals surface area (Å²) in [6.45, 7) is 3.96. The number of piperidine rings is 1. The van der Waals surface area contributed by atoms with E-state index in [1.807, 2.05) is 13.1 Å². The predicted molar refractivity (Wildman–Crippen MR) is 87.1 cm³/mol. The van der Waals surface area contributed by atoms with Crippen molar-refractivity contribution in [1.29, 1.82) is 0 Å². The van der Waals surface area contributed by atoms with E-state index in [9.17, 15) is 4.39 Å². The minimum absolute atomic E-state index is 0.289. The van der Waals surface area contributed by atoms with Crippen molar-refractivity contribution in [3.63, 3.8) is 0 Å². The van der Waals surface area contributed by atoms with Crippen molar-refractivity contribution in [3.05, 3.63) is 53.7 Å². The first kappa shape index (κ1) is 14.2. The standard InChI is InChI=1S/C18H18FN3O/c1-12-10-15(4-7-20-12)22-8-5-13(6-9-22)18-16-3-2-14(19)11-17(16)23-21-18/h2-4,7,10-11,13H,5-6,8-9H2,1H3.